The van der Waals surface area contributed by atoms with Crippen LogP contribution in [0.1, 0.15) is 51.1 Å². The summed E-state index contributed by atoms with van der Waals surface area (Å²) in [4.78, 5) is 31.7. The summed E-state index contributed by atoms with van der Waals surface area (Å²) in [6, 6.07) is 18.2. The van der Waals surface area contributed by atoms with E-state index in [1.165, 1.54) is 11.8 Å². The maximum Gasteiger partial charge on any atom is 0.291 e. The summed E-state index contributed by atoms with van der Waals surface area (Å²) in [6.45, 7) is 3.22. The number of aryl methyl sites for hydroxylation is 1. The van der Waals surface area contributed by atoms with Gasteiger partial charge in [-0.25, -0.2) is 0 Å². The molecule has 0 spiro atoms. The molecule has 0 unspecified atom stereocenters. The number of rotatable bonds is 5. The van der Waals surface area contributed by atoms with E-state index in [4.69, 9.17) is 8.94 Å². The Morgan fingerprint density at radius 2 is 1.82 bits per heavy atom. The Balaban J connectivity index is 1.20. The van der Waals surface area contributed by atoms with Crippen LogP contribution in [0.25, 0.3) is 11.4 Å². The molecule has 2 aromatic carbocycles. The molecule has 0 radical (unpaired) electrons. The normalized spacial score (nSPS) is 14.2. The Morgan fingerprint density at radius 3 is 2.56 bits per heavy atom. The number of carbonyl (C=O) groups is 2. The van der Waals surface area contributed by atoms with Crippen molar-refractivity contribution in [3.05, 3.63) is 89.7 Å². The van der Waals surface area contributed by atoms with Gasteiger partial charge in [0.1, 0.15) is 0 Å². The molecule has 3 heterocycles. The molecule has 1 N–H and O–H groups in total. The molecule has 1 saturated heterocycles. The van der Waals surface area contributed by atoms with Crippen LogP contribution in [0.15, 0.2) is 75.9 Å². The number of nitrogens with zero attached hydrogens (tertiary/aromatic N) is 3. The third-order valence-electron chi connectivity index (χ3n) is 6.00. The summed E-state index contributed by atoms with van der Waals surface area (Å²) in [5.74, 6) is 1.10. The lowest BCUT2D eigenvalue weighted by atomic mass is 9.96. The number of piperidine rings is 1. The van der Waals surface area contributed by atoms with E-state index in [0.717, 1.165) is 18.4 Å². The summed E-state index contributed by atoms with van der Waals surface area (Å²) in [5, 5.41) is 6.90. The summed E-state index contributed by atoms with van der Waals surface area (Å²) in [7, 11) is 0. The van der Waals surface area contributed by atoms with Gasteiger partial charge in [-0.05, 0) is 50.1 Å². The van der Waals surface area contributed by atoms with E-state index in [2.05, 4.69) is 15.5 Å². The summed E-state index contributed by atoms with van der Waals surface area (Å²) < 4.78 is 10.7. The van der Waals surface area contributed by atoms with Crippen LogP contribution in [0.5, 0.6) is 0 Å². The first kappa shape index (κ1) is 21.6. The average Bonchev–Trinajstić information content (AvgIpc) is 3.57. The van der Waals surface area contributed by atoms with E-state index in [0.29, 0.717) is 36.1 Å². The van der Waals surface area contributed by atoms with Gasteiger partial charge >= 0.3 is 0 Å². The monoisotopic (exact) mass is 456 g/mol. The van der Waals surface area contributed by atoms with Crippen molar-refractivity contribution in [3.8, 4) is 11.4 Å². The standard InChI is InChI=1S/C26H24N4O4/c1-17-7-9-18(10-8-17)23-28-25(34-29-23)19-11-13-30(14-12-19)26(32)20-4-2-5-21(16-20)27-24(31)22-6-3-15-33-22/h2-10,15-16,19H,11-14H2,1H3,(H,27,31). The highest BCUT2D eigenvalue weighted by atomic mass is 16.5. The van der Waals surface area contributed by atoms with Crippen molar-refractivity contribution in [2.45, 2.75) is 25.7 Å². The van der Waals surface area contributed by atoms with Crippen molar-refractivity contribution in [2.75, 3.05) is 18.4 Å². The fourth-order valence-corrected chi connectivity index (χ4v) is 4.06. The molecule has 8 heteroatoms. The highest BCUT2D eigenvalue weighted by Gasteiger charge is 2.28. The second-order valence-corrected chi connectivity index (χ2v) is 8.40. The lowest BCUT2D eigenvalue weighted by Crippen LogP contribution is -2.38. The van der Waals surface area contributed by atoms with Crippen molar-refractivity contribution in [2.24, 2.45) is 0 Å². The fraction of sp³-hybridized carbons (Fsp3) is 0.231. The Labute approximate surface area is 196 Å². The molecular formula is C26H24N4O4. The topological polar surface area (TPSA) is 101 Å². The molecule has 0 aliphatic carbocycles. The quantitative estimate of drug-likeness (QED) is 0.458. The first-order chi connectivity index (χ1) is 16.6. The second-order valence-electron chi connectivity index (χ2n) is 8.40. The van der Waals surface area contributed by atoms with Gasteiger partial charge in [0.05, 0.1) is 6.26 Å². The van der Waals surface area contributed by atoms with Gasteiger partial charge in [-0.15, -0.1) is 0 Å². The fourth-order valence-electron chi connectivity index (χ4n) is 4.06. The van der Waals surface area contributed by atoms with Crippen molar-refractivity contribution >= 4 is 17.5 Å². The maximum absolute atomic E-state index is 13.1. The third-order valence-corrected chi connectivity index (χ3v) is 6.00. The van der Waals surface area contributed by atoms with Crippen molar-refractivity contribution in [1.29, 1.82) is 0 Å². The number of carbonyl (C=O) groups excluding carboxylic acids is 2. The summed E-state index contributed by atoms with van der Waals surface area (Å²) >= 11 is 0. The molecule has 4 aromatic rings. The second kappa shape index (κ2) is 9.35. The van der Waals surface area contributed by atoms with Gasteiger partial charge in [0, 0.05) is 35.8 Å². The predicted octanol–water partition coefficient (Wildman–Crippen LogP) is 4.91. The molecule has 8 nitrogen and oxygen atoms in total. The Kier molecular flexibility index (Phi) is 5.95. The van der Waals surface area contributed by atoms with Gasteiger partial charge in [-0.1, -0.05) is 41.1 Å². The van der Waals surface area contributed by atoms with E-state index >= 15 is 0 Å². The highest BCUT2D eigenvalue weighted by molar-refractivity contribution is 6.03. The van der Waals surface area contributed by atoms with Crippen LogP contribution in [-0.4, -0.2) is 39.9 Å². The van der Waals surface area contributed by atoms with Crippen LogP contribution >= 0.6 is 0 Å². The molecule has 0 saturated carbocycles. The van der Waals surface area contributed by atoms with Gasteiger partial charge in [0.15, 0.2) is 5.76 Å². The van der Waals surface area contributed by atoms with Crippen LogP contribution in [0, 0.1) is 6.92 Å². The summed E-state index contributed by atoms with van der Waals surface area (Å²) in [6.07, 6.45) is 2.93. The Hall–Kier alpha value is -4.20. The number of anilines is 1. The smallest absolute Gasteiger partial charge is 0.291 e. The van der Waals surface area contributed by atoms with Gasteiger partial charge in [-0.2, -0.15) is 4.98 Å². The first-order valence-electron chi connectivity index (χ1n) is 11.2. The Bertz CT molecular complexity index is 1290. The number of amides is 2. The molecule has 2 amide bonds. The number of benzene rings is 2. The molecular weight excluding hydrogens is 432 g/mol. The molecule has 5 rings (SSSR count). The molecule has 34 heavy (non-hydrogen) atoms. The SMILES string of the molecule is Cc1ccc(-c2noc(C3CCN(C(=O)c4cccc(NC(=O)c5ccco5)c4)CC3)n2)cc1. The minimum atomic E-state index is -0.361. The van der Waals surface area contributed by atoms with Gasteiger partial charge in [-0.3, -0.25) is 9.59 Å². The van der Waals surface area contributed by atoms with Crippen LogP contribution in [0.2, 0.25) is 0 Å². The van der Waals surface area contributed by atoms with E-state index < -0.39 is 0 Å². The Morgan fingerprint density at radius 1 is 1.03 bits per heavy atom. The molecule has 1 aliphatic rings. The molecule has 0 atom stereocenters. The largest absolute Gasteiger partial charge is 0.459 e. The van der Waals surface area contributed by atoms with E-state index in [1.54, 1.807) is 36.4 Å². The van der Waals surface area contributed by atoms with Crippen molar-refractivity contribution in [3.63, 3.8) is 0 Å². The van der Waals surface area contributed by atoms with Gasteiger partial charge in [0.25, 0.3) is 11.8 Å². The van der Waals surface area contributed by atoms with Gasteiger partial charge < -0.3 is 19.2 Å². The van der Waals surface area contributed by atoms with E-state index in [9.17, 15) is 9.59 Å². The number of furan rings is 1. The zero-order chi connectivity index (χ0) is 23.5. The molecule has 1 fully saturated rings. The van der Waals surface area contributed by atoms with Crippen molar-refractivity contribution in [1.82, 2.24) is 15.0 Å². The van der Waals surface area contributed by atoms with Crippen molar-refractivity contribution < 1.29 is 18.5 Å². The summed E-state index contributed by atoms with van der Waals surface area (Å²) in [5.41, 5.74) is 3.16. The zero-order valence-electron chi connectivity index (χ0n) is 18.7. The first-order valence-corrected chi connectivity index (χ1v) is 11.2. The van der Waals surface area contributed by atoms with E-state index in [-0.39, 0.29) is 23.5 Å². The number of hydrogen-bond donors (Lipinski definition) is 1. The molecule has 0 bridgehead atoms. The van der Waals surface area contributed by atoms with Crippen LogP contribution in [-0.2, 0) is 0 Å². The predicted molar refractivity (Wildman–Crippen MR) is 125 cm³/mol. The molecule has 2 aromatic heterocycles. The molecule has 1 aliphatic heterocycles. The minimum Gasteiger partial charge on any atom is -0.459 e. The maximum atomic E-state index is 13.1. The lowest BCUT2D eigenvalue weighted by Gasteiger charge is -2.30. The number of nitrogens with one attached hydrogen (secondary N) is 1. The zero-order valence-corrected chi connectivity index (χ0v) is 18.7. The number of aromatic nitrogens is 2. The minimum absolute atomic E-state index is 0.0709. The average molecular weight is 457 g/mol. The molecule has 172 valence electrons. The van der Waals surface area contributed by atoms with Crippen LogP contribution in [0.3, 0.4) is 0 Å². The van der Waals surface area contributed by atoms with E-state index in [1.807, 2.05) is 36.1 Å². The highest BCUT2D eigenvalue weighted by Crippen LogP contribution is 2.29. The van der Waals surface area contributed by atoms with Crippen LogP contribution in [0.4, 0.5) is 5.69 Å². The number of likely N-dealkylation sites (tertiary alicyclic amines) is 1. The van der Waals surface area contributed by atoms with Crippen LogP contribution < -0.4 is 5.32 Å². The third kappa shape index (κ3) is 4.61. The van der Waals surface area contributed by atoms with Gasteiger partial charge in [0.2, 0.25) is 11.7 Å². The lowest BCUT2D eigenvalue weighted by molar-refractivity contribution is 0.0704. The number of hydrogen-bond acceptors (Lipinski definition) is 6.